The van der Waals surface area contributed by atoms with Crippen molar-refractivity contribution in [1.82, 2.24) is 5.32 Å². The van der Waals surface area contributed by atoms with Crippen LogP contribution >= 0.6 is 24.0 Å². The normalized spacial score (nSPS) is 10.3. The number of anilines is 2. The van der Waals surface area contributed by atoms with Gasteiger partial charge in [0.25, 0.3) is 0 Å². The molecule has 168 valence electrons. The third-order valence-corrected chi connectivity index (χ3v) is 5.62. The number of nitrogens with one attached hydrogen (secondary N) is 2. The zero-order valence-corrected chi connectivity index (χ0v) is 20.9. The molecule has 0 amide bonds. The highest BCUT2D eigenvalue weighted by atomic mass is 32.1. The van der Waals surface area contributed by atoms with Crippen molar-refractivity contribution in [1.29, 1.82) is 0 Å². The third kappa shape index (κ3) is 10.5. The summed E-state index contributed by atoms with van der Waals surface area (Å²) in [6.45, 7) is 7.34. The number of thiol groups is 1. The van der Waals surface area contributed by atoms with Crippen molar-refractivity contribution in [3.8, 4) is 0 Å². The summed E-state index contributed by atoms with van der Waals surface area (Å²) in [5.74, 6) is 0.959. The molecular formula is C26H37N3S2. The van der Waals surface area contributed by atoms with Gasteiger partial charge in [0.2, 0.25) is 0 Å². The highest BCUT2D eigenvalue weighted by Crippen LogP contribution is 2.18. The van der Waals surface area contributed by atoms with Crippen LogP contribution in [0.25, 0.3) is 5.70 Å². The van der Waals surface area contributed by atoms with Crippen LogP contribution in [-0.2, 0) is 6.42 Å². The second-order valence-corrected chi connectivity index (χ2v) is 8.31. The Morgan fingerprint density at radius 1 is 1.06 bits per heavy atom. The Bertz CT molecular complexity index is 874. The van der Waals surface area contributed by atoms with Gasteiger partial charge in [-0.05, 0) is 61.6 Å². The lowest BCUT2D eigenvalue weighted by molar-refractivity contribution is 0.977. The van der Waals surface area contributed by atoms with E-state index in [1.165, 1.54) is 22.5 Å². The van der Waals surface area contributed by atoms with E-state index in [2.05, 4.69) is 78.9 Å². The molecule has 0 aliphatic rings. The summed E-state index contributed by atoms with van der Waals surface area (Å²) in [5.41, 5.74) is 11.3. The van der Waals surface area contributed by atoms with Crippen LogP contribution < -0.4 is 16.4 Å². The fraction of sp³-hybridized carbons (Fsp3) is 0.308. The summed E-state index contributed by atoms with van der Waals surface area (Å²) < 4.78 is 0. The maximum absolute atomic E-state index is 5.79. The lowest BCUT2D eigenvalue weighted by Gasteiger charge is -2.08. The van der Waals surface area contributed by atoms with E-state index in [0.29, 0.717) is 0 Å². The summed E-state index contributed by atoms with van der Waals surface area (Å²) in [6.07, 6.45) is 4.29. The van der Waals surface area contributed by atoms with Gasteiger partial charge < -0.3 is 16.4 Å². The molecule has 0 saturated carbocycles. The fourth-order valence-electron chi connectivity index (χ4n) is 2.77. The maximum atomic E-state index is 5.79. The Hall–Kier alpha value is -2.37. The zero-order valence-electron chi connectivity index (χ0n) is 19.2. The van der Waals surface area contributed by atoms with Crippen LogP contribution in [0, 0.1) is 6.92 Å². The van der Waals surface area contributed by atoms with E-state index in [4.69, 9.17) is 5.73 Å². The molecule has 3 nitrogen and oxygen atoms in total. The molecule has 0 atom stereocenters. The average Bonchev–Trinajstić information content (AvgIpc) is 3.30. The molecule has 0 fully saturated rings. The first kappa shape index (κ1) is 26.7. The van der Waals surface area contributed by atoms with Gasteiger partial charge in [0.15, 0.2) is 0 Å². The number of nitrogen functional groups attached to an aromatic ring is 1. The van der Waals surface area contributed by atoms with Gasteiger partial charge in [-0.2, -0.15) is 12.6 Å². The van der Waals surface area contributed by atoms with Gasteiger partial charge in [-0.1, -0.05) is 55.5 Å². The molecule has 5 heteroatoms. The number of hydrogen-bond donors (Lipinski definition) is 4. The van der Waals surface area contributed by atoms with E-state index in [9.17, 15) is 0 Å². The Morgan fingerprint density at radius 2 is 1.77 bits per heavy atom. The Kier molecular flexibility index (Phi) is 14.1. The molecule has 1 aromatic heterocycles. The van der Waals surface area contributed by atoms with Crippen LogP contribution in [0.3, 0.4) is 0 Å². The molecule has 0 bridgehead atoms. The minimum Gasteiger partial charge on any atom is -0.398 e. The van der Waals surface area contributed by atoms with E-state index < -0.39 is 0 Å². The van der Waals surface area contributed by atoms with Gasteiger partial charge in [0.05, 0.1) is 0 Å². The van der Waals surface area contributed by atoms with Crippen LogP contribution in [0.1, 0.15) is 36.3 Å². The van der Waals surface area contributed by atoms with Gasteiger partial charge in [0, 0.05) is 41.1 Å². The zero-order chi connectivity index (χ0) is 22.9. The van der Waals surface area contributed by atoms with Gasteiger partial charge in [0.1, 0.15) is 0 Å². The van der Waals surface area contributed by atoms with E-state index in [1.807, 2.05) is 44.3 Å². The van der Waals surface area contributed by atoms with E-state index >= 15 is 0 Å². The molecule has 3 rings (SSSR count). The van der Waals surface area contributed by atoms with Crippen LogP contribution in [0.5, 0.6) is 0 Å². The topological polar surface area (TPSA) is 50.1 Å². The number of allylic oxidation sites excluding steroid dienone is 1. The third-order valence-electron chi connectivity index (χ3n) is 4.46. The molecule has 31 heavy (non-hydrogen) atoms. The monoisotopic (exact) mass is 455 g/mol. The van der Waals surface area contributed by atoms with E-state index in [-0.39, 0.29) is 0 Å². The number of hydrogen-bond acceptors (Lipinski definition) is 5. The highest BCUT2D eigenvalue weighted by Gasteiger charge is 2.00. The molecule has 0 unspecified atom stereocenters. The predicted molar refractivity (Wildman–Crippen MR) is 145 cm³/mol. The van der Waals surface area contributed by atoms with Crippen molar-refractivity contribution in [2.45, 2.75) is 33.6 Å². The number of aryl methyl sites for hydroxylation is 2. The lowest BCUT2D eigenvalue weighted by atomic mass is 10.1. The SMILES string of the molecule is C/C=C(/NC)c1ccccc1N.CCCNc1ccccc1C.SCCc1cccs1. The molecular weight excluding hydrogens is 418 g/mol. The smallest absolute Gasteiger partial charge is 0.0408 e. The van der Waals surface area contributed by atoms with E-state index in [1.54, 1.807) is 11.3 Å². The summed E-state index contributed by atoms with van der Waals surface area (Å²) in [4.78, 5) is 1.43. The fourth-order valence-corrected chi connectivity index (χ4v) is 3.87. The van der Waals surface area contributed by atoms with Crippen molar-refractivity contribution in [3.05, 3.63) is 88.1 Å². The van der Waals surface area contributed by atoms with Gasteiger partial charge in [-0.15, -0.1) is 11.3 Å². The van der Waals surface area contributed by atoms with E-state index in [0.717, 1.165) is 35.7 Å². The quantitative estimate of drug-likeness (QED) is 0.232. The predicted octanol–water partition coefficient (Wildman–Crippen LogP) is 6.89. The van der Waals surface area contributed by atoms with Gasteiger partial charge >= 0.3 is 0 Å². The average molecular weight is 456 g/mol. The minimum atomic E-state index is 0.806. The number of nitrogens with two attached hydrogens (primary N) is 1. The van der Waals surface area contributed by atoms with Crippen LogP contribution in [0.4, 0.5) is 11.4 Å². The lowest BCUT2D eigenvalue weighted by Crippen LogP contribution is -2.06. The van der Waals surface area contributed by atoms with Crippen molar-refractivity contribution >= 4 is 41.0 Å². The van der Waals surface area contributed by atoms with Crippen molar-refractivity contribution in [2.75, 3.05) is 30.4 Å². The Labute approximate surface area is 198 Å². The second-order valence-electron chi connectivity index (χ2n) is 6.83. The number of para-hydroxylation sites is 2. The Morgan fingerprint density at radius 3 is 2.32 bits per heavy atom. The molecule has 0 saturated heterocycles. The largest absolute Gasteiger partial charge is 0.398 e. The first-order valence-electron chi connectivity index (χ1n) is 10.7. The van der Waals surface area contributed by atoms with Gasteiger partial charge in [-0.3, -0.25) is 0 Å². The summed E-state index contributed by atoms with van der Waals surface area (Å²) in [7, 11) is 1.89. The van der Waals surface area contributed by atoms with Crippen molar-refractivity contribution in [3.63, 3.8) is 0 Å². The highest BCUT2D eigenvalue weighted by molar-refractivity contribution is 7.80. The molecule has 4 N–H and O–H groups in total. The summed E-state index contributed by atoms with van der Waals surface area (Å²) >= 11 is 5.91. The van der Waals surface area contributed by atoms with Crippen LogP contribution in [-0.4, -0.2) is 19.3 Å². The molecule has 0 spiro atoms. The molecule has 0 aliphatic heterocycles. The van der Waals surface area contributed by atoms with Crippen molar-refractivity contribution < 1.29 is 0 Å². The van der Waals surface area contributed by atoms with Crippen LogP contribution in [0.2, 0.25) is 0 Å². The van der Waals surface area contributed by atoms with Crippen LogP contribution in [0.15, 0.2) is 72.1 Å². The first-order chi connectivity index (χ1) is 15.1. The van der Waals surface area contributed by atoms with Crippen molar-refractivity contribution in [2.24, 2.45) is 0 Å². The molecule has 3 aromatic rings. The molecule has 1 heterocycles. The summed E-state index contributed by atoms with van der Waals surface area (Å²) in [5, 5.41) is 8.55. The number of thiophene rings is 1. The Balaban J connectivity index is 0.000000237. The van der Waals surface area contributed by atoms with Gasteiger partial charge in [-0.25, -0.2) is 0 Å². The number of benzene rings is 2. The maximum Gasteiger partial charge on any atom is 0.0408 e. The molecule has 0 radical (unpaired) electrons. The molecule has 0 aliphatic carbocycles. The second kappa shape index (κ2) is 16.3. The minimum absolute atomic E-state index is 0.806. The first-order valence-corrected chi connectivity index (χ1v) is 12.2. The molecule has 2 aromatic carbocycles. The number of rotatable bonds is 7. The standard InChI is InChI=1S/C10H14N2.C10H15N.C6H8S2/c1-3-10(12-2)8-6-4-5-7-9(8)11;1-3-8-11-10-7-5-4-6-9(10)2;7-4-3-6-2-1-5-8-6/h3-7,12H,11H2,1-2H3;4-7,11H,3,8H2,1-2H3;1-2,5,7H,3-4H2/b10-3+;;. The summed E-state index contributed by atoms with van der Waals surface area (Å²) in [6, 6.07) is 20.4.